The van der Waals surface area contributed by atoms with E-state index < -0.39 is 6.17 Å². The summed E-state index contributed by atoms with van der Waals surface area (Å²) in [5.41, 5.74) is 2.75. The van der Waals surface area contributed by atoms with E-state index >= 15 is 4.39 Å². The van der Waals surface area contributed by atoms with Crippen molar-refractivity contribution in [1.29, 1.82) is 0 Å². The fourth-order valence-electron chi connectivity index (χ4n) is 4.82. The standard InChI is InChI=1S/C25H29F2N5S/c1-18-7-10-25(19-5-3-2-4-6-19)33-32(18)14-20-8-9-21(13-22(20)26)30-12-11-24(23(27)15-30)31-16-28-29-17-31/h2-6,8-9,13,16-18,23-25H,7,10-12,14-15H2,1H3/t18-,23+,24-,25+/m0/s1. The predicted octanol–water partition coefficient (Wildman–Crippen LogP) is 5.58. The van der Waals surface area contributed by atoms with E-state index in [0.717, 1.165) is 18.5 Å². The van der Waals surface area contributed by atoms with Crippen molar-refractivity contribution in [3.05, 3.63) is 78.1 Å². The number of halogens is 2. The maximum atomic E-state index is 15.1. The third-order valence-electron chi connectivity index (χ3n) is 6.83. The Kier molecular flexibility index (Phi) is 6.64. The Hall–Kier alpha value is -2.45. The molecule has 3 heterocycles. The Balaban J connectivity index is 1.24. The normalized spacial score (nSPS) is 26.5. The molecule has 3 aromatic rings. The van der Waals surface area contributed by atoms with Crippen LogP contribution in [0.4, 0.5) is 14.5 Å². The minimum absolute atomic E-state index is 0.224. The molecular formula is C25H29F2N5S. The average Bonchev–Trinajstić information content (AvgIpc) is 3.37. The highest BCUT2D eigenvalue weighted by molar-refractivity contribution is 7.97. The number of anilines is 1. The molecule has 2 saturated heterocycles. The molecule has 0 saturated carbocycles. The van der Waals surface area contributed by atoms with Crippen LogP contribution in [-0.4, -0.2) is 44.4 Å². The van der Waals surface area contributed by atoms with Gasteiger partial charge in [-0.05, 0) is 43.9 Å². The van der Waals surface area contributed by atoms with Crippen LogP contribution >= 0.6 is 11.9 Å². The zero-order chi connectivity index (χ0) is 22.8. The molecule has 8 heteroatoms. The predicted molar refractivity (Wildman–Crippen MR) is 128 cm³/mol. The molecule has 1 aromatic heterocycles. The van der Waals surface area contributed by atoms with E-state index in [1.165, 1.54) is 5.56 Å². The summed E-state index contributed by atoms with van der Waals surface area (Å²) in [5, 5.41) is 7.97. The lowest BCUT2D eigenvalue weighted by molar-refractivity contribution is 0.199. The van der Waals surface area contributed by atoms with Gasteiger partial charge in [0.25, 0.3) is 0 Å². The monoisotopic (exact) mass is 469 g/mol. The van der Waals surface area contributed by atoms with E-state index in [1.807, 2.05) is 35.0 Å². The minimum atomic E-state index is -1.06. The molecule has 4 atom stereocenters. The molecule has 174 valence electrons. The number of aromatic nitrogens is 3. The lowest BCUT2D eigenvalue weighted by atomic mass is 10.0. The molecule has 0 amide bonds. The van der Waals surface area contributed by atoms with Crippen LogP contribution in [0.15, 0.2) is 61.2 Å². The minimum Gasteiger partial charge on any atom is -0.368 e. The second-order valence-electron chi connectivity index (χ2n) is 9.01. The van der Waals surface area contributed by atoms with Crippen molar-refractivity contribution in [2.75, 3.05) is 18.0 Å². The van der Waals surface area contributed by atoms with E-state index in [9.17, 15) is 4.39 Å². The highest BCUT2D eigenvalue weighted by Gasteiger charge is 2.31. The van der Waals surface area contributed by atoms with Gasteiger partial charge >= 0.3 is 0 Å². The number of alkyl halides is 1. The van der Waals surface area contributed by atoms with Crippen molar-refractivity contribution in [1.82, 2.24) is 19.1 Å². The number of piperidine rings is 1. The second-order valence-corrected chi connectivity index (χ2v) is 10.3. The van der Waals surface area contributed by atoms with Crippen molar-refractivity contribution < 1.29 is 8.78 Å². The average molecular weight is 470 g/mol. The largest absolute Gasteiger partial charge is 0.368 e. The first-order valence-corrected chi connectivity index (χ1v) is 12.4. The van der Waals surface area contributed by atoms with Crippen LogP contribution in [0.1, 0.15) is 48.6 Å². The summed E-state index contributed by atoms with van der Waals surface area (Å²) in [7, 11) is 0. The van der Waals surface area contributed by atoms with Gasteiger partial charge in [-0.15, -0.1) is 10.2 Å². The van der Waals surface area contributed by atoms with Gasteiger partial charge in [0.2, 0.25) is 0 Å². The van der Waals surface area contributed by atoms with Gasteiger partial charge in [-0.1, -0.05) is 48.3 Å². The summed E-state index contributed by atoms with van der Waals surface area (Å²) in [6, 6.07) is 16.0. The van der Waals surface area contributed by atoms with Crippen molar-refractivity contribution in [3.63, 3.8) is 0 Å². The molecule has 0 aliphatic carbocycles. The van der Waals surface area contributed by atoms with Crippen molar-refractivity contribution in [3.8, 4) is 0 Å². The number of rotatable bonds is 5. The zero-order valence-corrected chi connectivity index (χ0v) is 19.5. The number of hydrogen-bond acceptors (Lipinski definition) is 5. The first kappa shape index (κ1) is 22.3. The van der Waals surface area contributed by atoms with Crippen LogP contribution in [-0.2, 0) is 6.54 Å². The van der Waals surface area contributed by atoms with Gasteiger partial charge in [0.05, 0.1) is 12.6 Å². The fraction of sp³-hybridized carbons (Fsp3) is 0.440. The Bertz CT molecular complexity index is 1050. The molecule has 0 N–H and O–H groups in total. The summed E-state index contributed by atoms with van der Waals surface area (Å²) in [6.45, 7) is 3.67. The second kappa shape index (κ2) is 9.81. The van der Waals surface area contributed by atoms with Crippen molar-refractivity contribution >= 4 is 17.6 Å². The quantitative estimate of drug-likeness (QED) is 0.456. The summed E-state index contributed by atoms with van der Waals surface area (Å²) in [5.74, 6) is -0.224. The number of hydrogen-bond donors (Lipinski definition) is 0. The zero-order valence-electron chi connectivity index (χ0n) is 18.7. The molecule has 2 aliphatic rings. The van der Waals surface area contributed by atoms with Crippen LogP contribution in [0.25, 0.3) is 0 Å². The lowest BCUT2D eigenvalue weighted by Gasteiger charge is -2.38. The van der Waals surface area contributed by atoms with Crippen molar-refractivity contribution in [2.45, 2.75) is 56.2 Å². The molecule has 2 aromatic carbocycles. The molecule has 0 spiro atoms. The molecule has 0 bridgehead atoms. The van der Waals surface area contributed by atoms with Gasteiger partial charge < -0.3 is 9.47 Å². The lowest BCUT2D eigenvalue weighted by Crippen LogP contribution is -2.42. The number of nitrogens with zero attached hydrogens (tertiary/aromatic N) is 5. The van der Waals surface area contributed by atoms with Gasteiger partial charge in [0.15, 0.2) is 0 Å². The number of benzene rings is 2. The third-order valence-corrected chi connectivity index (χ3v) is 8.35. The van der Waals surface area contributed by atoms with Crippen LogP contribution < -0.4 is 4.90 Å². The van der Waals surface area contributed by atoms with Gasteiger partial charge in [-0.3, -0.25) is 0 Å². The van der Waals surface area contributed by atoms with E-state index in [4.69, 9.17) is 0 Å². The van der Waals surface area contributed by atoms with E-state index in [2.05, 4.69) is 45.7 Å². The Morgan fingerprint density at radius 2 is 1.82 bits per heavy atom. The van der Waals surface area contributed by atoms with Crippen LogP contribution in [0.2, 0.25) is 0 Å². The molecule has 5 rings (SSSR count). The molecule has 0 unspecified atom stereocenters. The van der Waals surface area contributed by atoms with E-state index in [1.54, 1.807) is 23.3 Å². The Morgan fingerprint density at radius 1 is 1.03 bits per heavy atom. The summed E-state index contributed by atoms with van der Waals surface area (Å²) >= 11 is 1.82. The first-order valence-electron chi connectivity index (χ1n) is 11.6. The molecule has 2 fully saturated rings. The topological polar surface area (TPSA) is 37.2 Å². The van der Waals surface area contributed by atoms with Crippen molar-refractivity contribution in [2.24, 2.45) is 0 Å². The van der Waals surface area contributed by atoms with Crippen LogP contribution in [0.5, 0.6) is 0 Å². The van der Waals surface area contributed by atoms with E-state index in [-0.39, 0.29) is 18.4 Å². The fourth-order valence-corrected chi connectivity index (χ4v) is 6.19. The van der Waals surface area contributed by atoms with Crippen LogP contribution in [0.3, 0.4) is 0 Å². The molecular weight excluding hydrogens is 440 g/mol. The molecule has 5 nitrogen and oxygen atoms in total. The van der Waals surface area contributed by atoms with Crippen LogP contribution in [0, 0.1) is 5.82 Å². The molecule has 33 heavy (non-hydrogen) atoms. The van der Waals surface area contributed by atoms with Gasteiger partial charge in [-0.2, -0.15) is 0 Å². The Morgan fingerprint density at radius 3 is 2.55 bits per heavy atom. The molecule has 0 radical (unpaired) electrons. The third kappa shape index (κ3) is 4.92. The summed E-state index contributed by atoms with van der Waals surface area (Å²) < 4.78 is 34.0. The van der Waals surface area contributed by atoms with Gasteiger partial charge in [0.1, 0.15) is 24.6 Å². The Labute approximate surface area is 197 Å². The van der Waals surface area contributed by atoms with Gasteiger partial charge in [-0.25, -0.2) is 13.1 Å². The first-order chi connectivity index (χ1) is 16.1. The smallest absolute Gasteiger partial charge is 0.138 e. The summed E-state index contributed by atoms with van der Waals surface area (Å²) in [4.78, 5) is 1.93. The maximum absolute atomic E-state index is 15.1. The SMILES string of the molecule is C[C@H]1CC[C@H](c2ccccc2)SN1Cc1ccc(N2CC[C@H](n3cnnc3)[C@H](F)C2)cc1F. The summed E-state index contributed by atoms with van der Waals surface area (Å²) in [6.07, 6.45) is 4.91. The molecule has 2 aliphatic heterocycles. The highest BCUT2D eigenvalue weighted by Crippen LogP contribution is 2.43. The van der Waals surface area contributed by atoms with Gasteiger partial charge in [0, 0.05) is 35.6 Å². The van der Waals surface area contributed by atoms with E-state index in [0.29, 0.717) is 36.4 Å². The highest BCUT2D eigenvalue weighted by atomic mass is 32.2. The maximum Gasteiger partial charge on any atom is 0.138 e.